The first-order valence-corrected chi connectivity index (χ1v) is 8.25. The van der Waals surface area contributed by atoms with Gasteiger partial charge in [-0.1, -0.05) is 28.1 Å². The van der Waals surface area contributed by atoms with E-state index in [9.17, 15) is 14.4 Å². The largest absolute Gasteiger partial charge is 0.383 e. The molecule has 0 bridgehead atoms. The lowest BCUT2D eigenvalue weighted by Crippen LogP contribution is -2.45. The third kappa shape index (κ3) is 3.76. The number of urea groups is 1. The molecule has 4 amide bonds. The van der Waals surface area contributed by atoms with Crippen molar-refractivity contribution in [3.63, 3.8) is 0 Å². The van der Waals surface area contributed by atoms with Crippen molar-refractivity contribution in [1.29, 1.82) is 0 Å². The van der Waals surface area contributed by atoms with Gasteiger partial charge in [0.05, 0.1) is 6.61 Å². The van der Waals surface area contributed by atoms with Crippen molar-refractivity contribution >= 4 is 33.8 Å². The normalized spacial score (nSPS) is 21.6. The Kier molecular flexibility index (Phi) is 5.61. The summed E-state index contributed by atoms with van der Waals surface area (Å²) in [7, 11) is 1.53. The zero-order valence-electron chi connectivity index (χ0n) is 13.8. The zero-order valence-corrected chi connectivity index (χ0v) is 15.3. The Morgan fingerprint density at radius 2 is 2.17 bits per heavy atom. The number of imide groups is 1. The molecule has 0 aromatic heterocycles. The van der Waals surface area contributed by atoms with Gasteiger partial charge in [-0.25, -0.2) is 4.79 Å². The molecule has 130 valence electrons. The van der Waals surface area contributed by atoms with Crippen LogP contribution in [0.4, 0.5) is 4.79 Å². The Balaban J connectivity index is 2.13. The Labute approximate surface area is 148 Å². The molecule has 1 aliphatic rings. The zero-order chi connectivity index (χ0) is 17.9. The van der Waals surface area contributed by atoms with Crippen LogP contribution in [0.2, 0.25) is 0 Å². The summed E-state index contributed by atoms with van der Waals surface area (Å²) >= 11 is 3.35. The van der Waals surface area contributed by atoms with Crippen molar-refractivity contribution in [2.45, 2.75) is 25.4 Å². The number of nitrogens with zero attached hydrogens (tertiary/aromatic N) is 1. The van der Waals surface area contributed by atoms with Gasteiger partial charge in [0.1, 0.15) is 12.1 Å². The number of rotatable bonds is 6. The molecule has 7 nitrogen and oxygen atoms in total. The Morgan fingerprint density at radius 3 is 2.79 bits per heavy atom. The minimum atomic E-state index is -1.20. The SMILES string of the molecule is COC[C@@H](C)NC(=O)CN1C(=O)N[C@@](C)(c2cccc(Br)c2)C1=O. The van der Waals surface area contributed by atoms with Crippen LogP contribution in [0.1, 0.15) is 19.4 Å². The van der Waals surface area contributed by atoms with Crippen LogP contribution in [0.5, 0.6) is 0 Å². The van der Waals surface area contributed by atoms with Crippen LogP contribution >= 0.6 is 15.9 Å². The number of nitrogens with one attached hydrogen (secondary N) is 2. The monoisotopic (exact) mass is 397 g/mol. The van der Waals surface area contributed by atoms with Crippen molar-refractivity contribution in [3.8, 4) is 0 Å². The van der Waals surface area contributed by atoms with E-state index in [2.05, 4.69) is 26.6 Å². The highest BCUT2D eigenvalue weighted by Crippen LogP contribution is 2.30. The van der Waals surface area contributed by atoms with Crippen molar-refractivity contribution in [3.05, 3.63) is 34.3 Å². The van der Waals surface area contributed by atoms with Gasteiger partial charge in [-0.05, 0) is 31.5 Å². The number of hydrogen-bond acceptors (Lipinski definition) is 4. The molecule has 2 N–H and O–H groups in total. The van der Waals surface area contributed by atoms with E-state index >= 15 is 0 Å². The van der Waals surface area contributed by atoms with Crippen LogP contribution in [0.15, 0.2) is 28.7 Å². The maximum atomic E-state index is 12.7. The van der Waals surface area contributed by atoms with Crippen LogP contribution in [0, 0.1) is 0 Å². The number of ether oxygens (including phenoxy) is 1. The predicted octanol–water partition coefficient (Wildman–Crippen LogP) is 1.37. The minimum absolute atomic E-state index is 0.209. The summed E-state index contributed by atoms with van der Waals surface area (Å²) in [5.74, 6) is -0.873. The summed E-state index contributed by atoms with van der Waals surface area (Å²) in [6.45, 7) is 3.42. The smallest absolute Gasteiger partial charge is 0.325 e. The van der Waals surface area contributed by atoms with E-state index in [0.717, 1.165) is 9.37 Å². The Bertz CT molecular complexity index is 666. The van der Waals surface area contributed by atoms with E-state index in [0.29, 0.717) is 12.2 Å². The van der Waals surface area contributed by atoms with Crippen LogP contribution in [-0.4, -0.2) is 49.0 Å². The van der Waals surface area contributed by atoms with Gasteiger partial charge in [0.15, 0.2) is 0 Å². The second kappa shape index (κ2) is 7.31. The number of amides is 4. The predicted molar refractivity (Wildman–Crippen MR) is 91.2 cm³/mol. The lowest BCUT2D eigenvalue weighted by atomic mass is 9.92. The molecule has 0 unspecified atom stereocenters. The average Bonchev–Trinajstić information content (AvgIpc) is 2.72. The maximum Gasteiger partial charge on any atom is 0.325 e. The van der Waals surface area contributed by atoms with Crippen molar-refractivity contribution < 1.29 is 19.1 Å². The standard InChI is InChI=1S/C16H20BrN3O4/c1-10(9-24-3)18-13(21)8-20-14(22)16(2,19-15(20)23)11-5-4-6-12(17)7-11/h4-7,10H,8-9H2,1-3H3,(H,18,21)(H,19,23)/t10-,16+/m1/s1. The molecule has 1 aromatic rings. The Hall–Kier alpha value is -1.93. The highest BCUT2D eigenvalue weighted by molar-refractivity contribution is 9.10. The highest BCUT2D eigenvalue weighted by atomic mass is 79.9. The summed E-state index contributed by atoms with van der Waals surface area (Å²) < 4.78 is 5.74. The summed E-state index contributed by atoms with van der Waals surface area (Å²) in [4.78, 5) is 37.9. The molecule has 1 aliphatic heterocycles. The summed E-state index contributed by atoms with van der Waals surface area (Å²) in [5, 5.41) is 5.35. The second-order valence-corrected chi connectivity index (χ2v) is 6.80. The highest BCUT2D eigenvalue weighted by Gasteiger charge is 2.49. The molecule has 1 fully saturated rings. The van der Waals surface area contributed by atoms with E-state index in [1.807, 2.05) is 6.07 Å². The molecule has 0 aliphatic carbocycles. The average molecular weight is 398 g/mol. The third-order valence-electron chi connectivity index (χ3n) is 3.80. The lowest BCUT2D eigenvalue weighted by Gasteiger charge is -2.22. The van der Waals surface area contributed by atoms with E-state index < -0.39 is 23.4 Å². The second-order valence-electron chi connectivity index (χ2n) is 5.88. The molecule has 1 heterocycles. The lowest BCUT2D eigenvalue weighted by molar-refractivity contribution is -0.135. The van der Waals surface area contributed by atoms with Crippen LogP contribution in [0.25, 0.3) is 0 Å². The van der Waals surface area contributed by atoms with Crippen molar-refractivity contribution in [2.24, 2.45) is 0 Å². The summed E-state index contributed by atoms with van der Waals surface area (Å²) in [5.41, 5.74) is -0.551. The van der Waals surface area contributed by atoms with Gasteiger partial charge in [-0.3, -0.25) is 14.5 Å². The third-order valence-corrected chi connectivity index (χ3v) is 4.30. The first kappa shape index (κ1) is 18.4. The number of halogens is 1. The maximum absolute atomic E-state index is 12.7. The number of carbonyl (C=O) groups is 3. The first-order valence-electron chi connectivity index (χ1n) is 7.46. The van der Waals surface area contributed by atoms with Gasteiger partial charge in [-0.15, -0.1) is 0 Å². The van der Waals surface area contributed by atoms with Crippen LogP contribution in [-0.2, 0) is 19.9 Å². The molecule has 1 saturated heterocycles. The number of carbonyl (C=O) groups excluding carboxylic acids is 3. The fraction of sp³-hybridized carbons (Fsp3) is 0.438. The summed E-state index contributed by atoms with van der Waals surface area (Å²) in [6.07, 6.45) is 0. The molecule has 0 radical (unpaired) electrons. The van der Waals surface area contributed by atoms with Gasteiger partial charge >= 0.3 is 6.03 Å². The molecule has 2 rings (SSSR count). The molecular weight excluding hydrogens is 378 g/mol. The van der Waals surface area contributed by atoms with E-state index in [4.69, 9.17) is 4.74 Å². The fourth-order valence-electron chi connectivity index (χ4n) is 2.59. The van der Waals surface area contributed by atoms with Gasteiger partial charge in [0, 0.05) is 17.6 Å². The number of hydrogen-bond donors (Lipinski definition) is 2. The van der Waals surface area contributed by atoms with Gasteiger partial charge < -0.3 is 15.4 Å². The van der Waals surface area contributed by atoms with Gasteiger partial charge in [0.25, 0.3) is 5.91 Å². The van der Waals surface area contributed by atoms with Crippen LogP contribution < -0.4 is 10.6 Å². The molecule has 8 heteroatoms. The molecule has 1 aromatic carbocycles. The van der Waals surface area contributed by atoms with E-state index in [1.54, 1.807) is 32.0 Å². The molecular formula is C16H20BrN3O4. The Morgan fingerprint density at radius 1 is 1.46 bits per heavy atom. The molecule has 24 heavy (non-hydrogen) atoms. The van der Waals surface area contributed by atoms with E-state index in [1.165, 1.54) is 7.11 Å². The molecule has 0 saturated carbocycles. The fourth-order valence-corrected chi connectivity index (χ4v) is 2.99. The van der Waals surface area contributed by atoms with E-state index in [-0.39, 0.29) is 12.6 Å². The number of methoxy groups -OCH3 is 1. The molecule has 2 atom stereocenters. The number of benzene rings is 1. The van der Waals surface area contributed by atoms with Gasteiger partial charge in [0.2, 0.25) is 5.91 Å². The summed E-state index contributed by atoms with van der Waals surface area (Å²) in [6, 6.07) is 6.34. The quantitative estimate of drug-likeness (QED) is 0.709. The molecule has 0 spiro atoms. The van der Waals surface area contributed by atoms with Crippen molar-refractivity contribution in [1.82, 2.24) is 15.5 Å². The van der Waals surface area contributed by atoms with Gasteiger partial charge in [-0.2, -0.15) is 0 Å². The van der Waals surface area contributed by atoms with Crippen LogP contribution in [0.3, 0.4) is 0 Å². The first-order chi connectivity index (χ1) is 11.3. The minimum Gasteiger partial charge on any atom is -0.383 e. The topological polar surface area (TPSA) is 87.7 Å². The van der Waals surface area contributed by atoms with Crippen molar-refractivity contribution in [2.75, 3.05) is 20.3 Å².